The summed E-state index contributed by atoms with van der Waals surface area (Å²) in [6.45, 7) is 2.00. The topological polar surface area (TPSA) is 89.3 Å². The molecule has 110 valence electrons. The lowest BCUT2D eigenvalue weighted by atomic mass is 10.1. The molecular formula is C15H16N2O3S. The number of aryl methyl sites for hydroxylation is 1. The van der Waals surface area contributed by atoms with Gasteiger partial charge in [0, 0.05) is 11.3 Å². The fourth-order valence-electron chi connectivity index (χ4n) is 1.87. The van der Waals surface area contributed by atoms with Crippen LogP contribution in [0.25, 0.3) is 0 Å². The fourth-order valence-corrected chi connectivity index (χ4v) is 2.92. The number of primary amides is 1. The Morgan fingerprint density at radius 3 is 2.38 bits per heavy atom. The van der Waals surface area contributed by atoms with Gasteiger partial charge >= 0.3 is 0 Å². The molecule has 0 atom stereocenters. The van der Waals surface area contributed by atoms with Crippen LogP contribution in [0.2, 0.25) is 0 Å². The third kappa shape index (κ3) is 3.61. The predicted octanol–water partition coefficient (Wildman–Crippen LogP) is 2.15. The molecule has 1 amide bonds. The maximum Gasteiger partial charge on any atom is 0.261 e. The minimum absolute atomic E-state index is 0.0781. The summed E-state index contributed by atoms with van der Waals surface area (Å²) in [5, 5.41) is 0. The van der Waals surface area contributed by atoms with E-state index in [1.165, 1.54) is 24.3 Å². The van der Waals surface area contributed by atoms with Crippen molar-refractivity contribution < 1.29 is 13.2 Å². The third-order valence-corrected chi connectivity index (χ3v) is 4.43. The van der Waals surface area contributed by atoms with Crippen molar-refractivity contribution >= 4 is 21.6 Å². The van der Waals surface area contributed by atoms with Gasteiger partial charge in [0.15, 0.2) is 0 Å². The van der Waals surface area contributed by atoms with Crippen molar-refractivity contribution in [2.45, 2.75) is 18.2 Å². The number of anilines is 1. The number of rotatable bonds is 5. The number of carbonyl (C=O) groups excluding carboxylic acids is 1. The molecule has 2 rings (SSSR count). The maximum absolute atomic E-state index is 12.3. The van der Waals surface area contributed by atoms with E-state index >= 15 is 0 Å². The van der Waals surface area contributed by atoms with Crippen LogP contribution in [0, 0.1) is 0 Å². The van der Waals surface area contributed by atoms with Crippen LogP contribution in [0.15, 0.2) is 53.4 Å². The van der Waals surface area contributed by atoms with Gasteiger partial charge in [-0.2, -0.15) is 0 Å². The Balaban J connectivity index is 2.27. The van der Waals surface area contributed by atoms with Crippen LogP contribution in [0.1, 0.15) is 22.8 Å². The number of nitrogens with two attached hydrogens (primary N) is 1. The van der Waals surface area contributed by atoms with Crippen LogP contribution in [0.4, 0.5) is 5.69 Å². The second-order valence-corrected chi connectivity index (χ2v) is 6.23. The van der Waals surface area contributed by atoms with Gasteiger partial charge in [-0.3, -0.25) is 9.52 Å². The third-order valence-electron chi connectivity index (χ3n) is 3.04. The molecule has 2 aromatic carbocycles. The minimum atomic E-state index is -3.68. The van der Waals surface area contributed by atoms with E-state index in [1.807, 2.05) is 13.0 Å². The Bertz CT molecular complexity index is 753. The number of carbonyl (C=O) groups is 1. The highest BCUT2D eigenvalue weighted by Gasteiger charge is 2.14. The second kappa shape index (κ2) is 5.97. The van der Waals surface area contributed by atoms with Crippen molar-refractivity contribution in [1.82, 2.24) is 0 Å². The molecule has 0 aliphatic carbocycles. The maximum atomic E-state index is 12.3. The van der Waals surface area contributed by atoms with Crippen molar-refractivity contribution in [3.8, 4) is 0 Å². The predicted molar refractivity (Wildman–Crippen MR) is 81.6 cm³/mol. The average molecular weight is 304 g/mol. The first-order valence-corrected chi connectivity index (χ1v) is 7.92. The van der Waals surface area contributed by atoms with Crippen LogP contribution < -0.4 is 10.5 Å². The Morgan fingerprint density at radius 2 is 1.81 bits per heavy atom. The molecule has 0 aliphatic rings. The molecule has 0 aliphatic heterocycles. The first-order chi connectivity index (χ1) is 9.92. The van der Waals surface area contributed by atoms with Gasteiger partial charge < -0.3 is 5.73 Å². The van der Waals surface area contributed by atoms with E-state index in [-0.39, 0.29) is 10.5 Å². The fraction of sp³-hybridized carbons (Fsp3) is 0.133. The van der Waals surface area contributed by atoms with Crippen molar-refractivity contribution in [2.75, 3.05) is 4.72 Å². The highest BCUT2D eigenvalue weighted by molar-refractivity contribution is 7.92. The minimum Gasteiger partial charge on any atom is -0.366 e. The lowest BCUT2D eigenvalue weighted by Gasteiger charge is -2.09. The zero-order chi connectivity index (χ0) is 15.5. The Kier molecular flexibility index (Phi) is 4.28. The molecule has 0 radical (unpaired) electrons. The molecule has 21 heavy (non-hydrogen) atoms. The molecule has 0 spiro atoms. The number of hydrogen-bond acceptors (Lipinski definition) is 3. The molecule has 5 nitrogen and oxygen atoms in total. The van der Waals surface area contributed by atoms with Crippen LogP contribution in [0.3, 0.4) is 0 Å². The average Bonchev–Trinajstić information content (AvgIpc) is 2.47. The van der Waals surface area contributed by atoms with Gasteiger partial charge in [0.1, 0.15) is 0 Å². The molecule has 0 aromatic heterocycles. The van der Waals surface area contributed by atoms with Gasteiger partial charge in [0.2, 0.25) is 5.91 Å². The monoisotopic (exact) mass is 304 g/mol. The molecule has 0 saturated heterocycles. The Hall–Kier alpha value is -2.34. The molecule has 0 bridgehead atoms. The second-order valence-electron chi connectivity index (χ2n) is 4.55. The highest BCUT2D eigenvalue weighted by atomic mass is 32.2. The van der Waals surface area contributed by atoms with E-state index < -0.39 is 15.9 Å². The van der Waals surface area contributed by atoms with Gasteiger partial charge in [-0.05, 0) is 48.4 Å². The molecule has 0 unspecified atom stereocenters. The van der Waals surface area contributed by atoms with E-state index in [1.54, 1.807) is 18.2 Å². The van der Waals surface area contributed by atoms with E-state index in [0.717, 1.165) is 12.0 Å². The summed E-state index contributed by atoms with van der Waals surface area (Å²) in [7, 11) is -3.68. The molecule has 2 aromatic rings. The standard InChI is InChI=1S/C15H16N2O3S/c1-2-11-4-3-5-13(10-11)17-21(19,20)14-8-6-12(7-9-14)15(16)18/h3-10,17H,2H2,1H3,(H2,16,18). The lowest BCUT2D eigenvalue weighted by molar-refractivity contribution is 0.1000. The van der Waals surface area contributed by atoms with E-state index in [0.29, 0.717) is 5.69 Å². The largest absolute Gasteiger partial charge is 0.366 e. The zero-order valence-electron chi connectivity index (χ0n) is 11.5. The van der Waals surface area contributed by atoms with Gasteiger partial charge in [0.05, 0.1) is 4.90 Å². The molecule has 6 heteroatoms. The number of sulfonamides is 1. The number of nitrogens with one attached hydrogen (secondary N) is 1. The lowest BCUT2D eigenvalue weighted by Crippen LogP contribution is -2.14. The van der Waals surface area contributed by atoms with Gasteiger partial charge in [0.25, 0.3) is 10.0 Å². The van der Waals surface area contributed by atoms with Crippen LogP contribution in [-0.4, -0.2) is 14.3 Å². The smallest absolute Gasteiger partial charge is 0.261 e. The van der Waals surface area contributed by atoms with Gasteiger partial charge in [-0.1, -0.05) is 19.1 Å². The van der Waals surface area contributed by atoms with Crippen molar-refractivity contribution in [1.29, 1.82) is 0 Å². The summed E-state index contributed by atoms with van der Waals surface area (Å²) in [6, 6.07) is 12.7. The van der Waals surface area contributed by atoms with Crippen LogP contribution in [-0.2, 0) is 16.4 Å². The SMILES string of the molecule is CCc1cccc(NS(=O)(=O)c2ccc(C(N)=O)cc2)c1. The number of amides is 1. The molecule has 0 saturated carbocycles. The summed E-state index contributed by atoms with van der Waals surface area (Å²) in [5.74, 6) is -0.595. The van der Waals surface area contributed by atoms with E-state index in [4.69, 9.17) is 5.73 Å². The first-order valence-electron chi connectivity index (χ1n) is 6.44. The highest BCUT2D eigenvalue weighted by Crippen LogP contribution is 2.18. The van der Waals surface area contributed by atoms with E-state index in [9.17, 15) is 13.2 Å². The molecular weight excluding hydrogens is 288 g/mol. The van der Waals surface area contributed by atoms with Crippen LogP contribution >= 0.6 is 0 Å². The summed E-state index contributed by atoms with van der Waals surface area (Å²) in [6.07, 6.45) is 0.822. The van der Waals surface area contributed by atoms with Crippen molar-refractivity contribution in [2.24, 2.45) is 5.73 Å². The van der Waals surface area contributed by atoms with Crippen LogP contribution in [0.5, 0.6) is 0 Å². The summed E-state index contributed by atoms with van der Waals surface area (Å²) >= 11 is 0. The molecule has 3 N–H and O–H groups in total. The van der Waals surface area contributed by atoms with Crippen molar-refractivity contribution in [3.05, 3.63) is 59.7 Å². The van der Waals surface area contributed by atoms with E-state index in [2.05, 4.69) is 4.72 Å². The normalized spacial score (nSPS) is 11.1. The quantitative estimate of drug-likeness (QED) is 0.887. The van der Waals surface area contributed by atoms with Crippen molar-refractivity contribution in [3.63, 3.8) is 0 Å². The number of benzene rings is 2. The molecule has 0 heterocycles. The first kappa shape index (κ1) is 15.1. The van der Waals surface area contributed by atoms with Gasteiger partial charge in [-0.15, -0.1) is 0 Å². The Morgan fingerprint density at radius 1 is 1.14 bits per heavy atom. The zero-order valence-corrected chi connectivity index (χ0v) is 12.4. The Labute approximate surface area is 123 Å². The number of hydrogen-bond donors (Lipinski definition) is 2. The molecule has 0 fully saturated rings. The summed E-state index contributed by atoms with van der Waals surface area (Å²) < 4.78 is 27.0. The summed E-state index contributed by atoms with van der Waals surface area (Å²) in [4.78, 5) is 11.1. The van der Waals surface area contributed by atoms with Gasteiger partial charge in [-0.25, -0.2) is 8.42 Å². The summed E-state index contributed by atoms with van der Waals surface area (Å²) in [5.41, 5.74) is 6.94.